The molecule has 0 amide bonds. The minimum Gasteiger partial charge on any atom is -0.421 e. The van der Waals surface area contributed by atoms with Crippen LogP contribution in [0.25, 0.3) is 11.0 Å². The summed E-state index contributed by atoms with van der Waals surface area (Å²) in [5, 5.41) is 7.44. The minimum atomic E-state index is -4.13. The smallest absolute Gasteiger partial charge is 0.363 e. The van der Waals surface area contributed by atoms with Crippen molar-refractivity contribution in [2.75, 3.05) is 10.0 Å². The van der Waals surface area contributed by atoms with Gasteiger partial charge in [0.05, 0.1) is 5.69 Å². The number of anilines is 2. The van der Waals surface area contributed by atoms with E-state index < -0.39 is 15.6 Å². The van der Waals surface area contributed by atoms with Crippen molar-refractivity contribution in [1.29, 1.82) is 0 Å². The lowest BCUT2D eigenvalue weighted by Gasteiger charge is -2.15. The van der Waals surface area contributed by atoms with Gasteiger partial charge in [0.1, 0.15) is 11.3 Å². The van der Waals surface area contributed by atoms with Crippen LogP contribution >= 0.6 is 0 Å². The maximum atomic E-state index is 13.0. The van der Waals surface area contributed by atoms with Crippen LogP contribution in [0.5, 0.6) is 0 Å². The van der Waals surface area contributed by atoms with Crippen molar-refractivity contribution in [3.63, 3.8) is 0 Å². The first-order chi connectivity index (χ1) is 14.4. The topological polar surface area (TPSA) is 114 Å². The molecule has 2 heterocycles. The van der Waals surface area contributed by atoms with Crippen molar-refractivity contribution in [1.82, 2.24) is 5.16 Å². The number of nitrogens with zero attached hydrogens (tertiary/aromatic N) is 1. The van der Waals surface area contributed by atoms with Gasteiger partial charge >= 0.3 is 5.63 Å². The average molecular weight is 425 g/mol. The van der Waals surface area contributed by atoms with E-state index >= 15 is 0 Å². The van der Waals surface area contributed by atoms with E-state index in [1.54, 1.807) is 24.3 Å². The van der Waals surface area contributed by atoms with E-state index in [0.717, 1.165) is 5.56 Å². The molecule has 0 aliphatic rings. The van der Waals surface area contributed by atoms with Crippen LogP contribution in [0, 0.1) is 13.8 Å². The Morgan fingerprint density at radius 2 is 1.67 bits per heavy atom. The van der Waals surface area contributed by atoms with Crippen molar-refractivity contribution in [2.24, 2.45) is 0 Å². The number of hydrogen-bond acceptors (Lipinski definition) is 7. The Labute approximate surface area is 172 Å². The number of aryl methyl sites for hydroxylation is 2. The molecule has 2 aromatic carbocycles. The Hall–Kier alpha value is -3.59. The Morgan fingerprint density at radius 3 is 2.37 bits per heavy atom. The Morgan fingerprint density at radius 1 is 0.967 bits per heavy atom. The molecule has 4 aromatic rings. The third-order valence-electron chi connectivity index (χ3n) is 4.60. The summed E-state index contributed by atoms with van der Waals surface area (Å²) in [6.07, 6.45) is 0. The number of nitrogens with one attached hydrogen (secondary N) is 2. The molecule has 0 aliphatic carbocycles. The monoisotopic (exact) mass is 425 g/mol. The average Bonchev–Trinajstić information content (AvgIpc) is 3.07. The van der Waals surface area contributed by atoms with Gasteiger partial charge in [-0.15, -0.1) is 0 Å². The Kier molecular flexibility index (Phi) is 5.04. The standard InChI is InChI=1S/C21H19N3O5S/c1-13-20(14(2)29-23-13)30(26,27)24-19-18(22-12-15-8-4-3-5-9-15)16-10-6-7-11-17(16)28-21(19)25/h3-11,22,24H,12H2,1-2H3. The summed E-state index contributed by atoms with van der Waals surface area (Å²) in [6, 6.07) is 16.5. The van der Waals surface area contributed by atoms with Gasteiger partial charge in [0.25, 0.3) is 10.0 Å². The fourth-order valence-electron chi connectivity index (χ4n) is 3.26. The van der Waals surface area contributed by atoms with Crippen LogP contribution < -0.4 is 15.7 Å². The molecule has 0 bridgehead atoms. The molecule has 0 atom stereocenters. The van der Waals surface area contributed by atoms with Gasteiger partial charge in [-0.3, -0.25) is 4.72 Å². The van der Waals surface area contributed by atoms with E-state index in [0.29, 0.717) is 23.2 Å². The molecule has 0 radical (unpaired) electrons. The number of para-hydroxylation sites is 1. The second-order valence-corrected chi connectivity index (χ2v) is 8.35. The number of fused-ring (bicyclic) bond motifs is 1. The summed E-state index contributed by atoms with van der Waals surface area (Å²) in [5.41, 5.74) is 0.835. The van der Waals surface area contributed by atoms with Gasteiger partial charge in [0.15, 0.2) is 16.3 Å². The molecule has 0 spiro atoms. The lowest BCUT2D eigenvalue weighted by Crippen LogP contribution is -2.21. The lowest BCUT2D eigenvalue weighted by molar-refractivity contribution is 0.390. The molecule has 0 unspecified atom stereocenters. The van der Waals surface area contributed by atoms with Crippen LogP contribution in [0.3, 0.4) is 0 Å². The highest BCUT2D eigenvalue weighted by Gasteiger charge is 2.27. The molecule has 9 heteroatoms. The molecule has 0 aliphatic heterocycles. The van der Waals surface area contributed by atoms with Crippen molar-refractivity contribution in [3.05, 3.63) is 82.0 Å². The number of aromatic nitrogens is 1. The zero-order valence-electron chi connectivity index (χ0n) is 16.3. The van der Waals surface area contributed by atoms with Crippen molar-refractivity contribution in [2.45, 2.75) is 25.3 Å². The quantitative estimate of drug-likeness (QED) is 0.451. The molecule has 4 rings (SSSR count). The number of benzene rings is 2. The van der Waals surface area contributed by atoms with Crippen LogP contribution in [0.4, 0.5) is 11.4 Å². The van der Waals surface area contributed by atoms with Gasteiger partial charge in [0, 0.05) is 11.9 Å². The molecule has 154 valence electrons. The van der Waals surface area contributed by atoms with E-state index in [2.05, 4.69) is 15.2 Å². The molecule has 0 saturated heterocycles. The van der Waals surface area contributed by atoms with E-state index in [9.17, 15) is 13.2 Å². The Balaban J connectivity index is 1.82. The molecule has 2 N–H and O–H groups in total. The van der Waals surface area contributed by atoms with E-state index in [-0.39, 0.29) is 22.0 Å². The van der Waals surface area contributed by atoms with Crippen LogP contribution in [0.2, 0.25) is 0 Å². The summed E-state index contributed by atoms with van der Waals surface area (Å²) in [7, 11) is -4.13. The van der Waals surface area contributed by atoms with Gasteiger partial charge in [-0.05, 0) is 31.5 Å². The van der Waals surface area contributed by atoms with Gasteiger partial charge in [-0.2, -0.15) is 0 Å². The SMILES string of the molecule is Cc1noc(C)c1S(=O)(=O)Nc1c(NCc2ccccc2)c2ccccc2oc1=O. The molecule has 2 aromatic heterocycles. The molecular formula is C21H19N3O5S. The van der Waals surface area contributed by atoms with E-state index in [1.807, 2.05) is 30.3 Å². The second-order valence-electron chi connectivity index (χ2n) is 6.73. The van der Waals surface area contributed by atoms with Crippen molar-refractivity contribution in [3.8, 4) is 0 Å². The highest BCUT2D eigenvalue weighted by atomic mass is 32.2. The first kappa shape index (κ1) is 19.7. The van der Waals surface area contributed by atoms with Crippen molar-refractivity contribution < 1.29 is 17.4 Å². The minimum absolute atomic E-state index is 0.107. The summed E-state index contributed by atoms with van der Waals surface area (Å²) >= 11 is 0. The van der Waals surface area contributed by atoms with Gasteiger partial charge in [-0.1, -0.05) is 47.6 Å². The molecular weight excluding hydrogens is 406 g/mol. The first-order valence-corrected chi connectivity index (χ1v) is 10.6. The number of sulfonamides is 1. The zero-order chi connectivity index (χ0) is 21.3. The third kappa shape index (κ3) is 3.67. The van der Waals surface area contributed by atoms with Crippen molar-refractivity contribution >= 4 is 32.4 Å². The predicted octanol–water partition coefficient (Wildman–Crippen LogP) is 3.81. The van der Waals surface area contributed by atoms with E-state index in [4.69, 9.17) is 8.94 Å². The fourth-order valence-corrected chi connectivity index (χ4v) is 4.65. The fraction of sp³-hybridized carbons (Fsp3) is 0.143. The van der Waals surface area contributed by atoms with Crippen LogP contribution in [-0.2, 0) is 16.6 Å². The second kappa shape index (κ2) is 7.68. The largest absolute Gasteiger partial charge is 0.421 e. The van der Waals surface area contributed by atoms with Crippen LogP contribution in [0.15, 0.2) is 73.2 Å². The van der Waals surface area contributed by atoms with Gasteiger partial charge < -0.3 is 14.3 Å². The first-order valence-electron chi connectivity index (χ1n) is 9.16. The van der Waals surface area contributed by atoms with Crippen LogP contribution in [-0.4, -0.2) is 13.6 Å². The maximum Gasteiger partial charge on any atom is 0.363 e. The predicted molar refractivity (Wildman–Crippen MR) is 113 cm³/mol. The summed E-state index contributed by atoms with van der Waals surface area (Å²) in [4.78, 5) is 12.6. The molecule has 30 heavy (non-hydrogen) atoms. The molecule has 0 fully saturated rings. The Bertz CT molecular complexity index is 1360. The lowest BCUT2D eigenvalue weighted by atomic mass is 10.1. The third-order valence-corrected chi connectivity index (χ3v) is 6.19. The van der Waals surface area contributed by atoms with Crippen LogP contribution in [0.1, 0.15) is 17.0 Å². The van der Waals surface area contributed by atoms with Gasteiger partial charge in [0.2, 0.25) is 0 Å². The molecule has 8 nitrogen and oxygen atoms in total. The number of hydrogen-bond donors (Lipinski definition) is 2. The van der Waals surface area contributed by atoms with E-state index in [1.165, 1.54) is 13.8 Å². The summed E-state index contributed by atoms with van der Waals surface area (Å²) in [6.45, 7) is 3.39. The highest BCUT2D eigenvalue weighted by Crippen LogP contribution is 2.31. The number of rotatable bonds is 6. The zero-order valence-corrected chi connectivity index (χ0v) is 17.1. The van der Waals surface area contributed by atoms with Gasteiger partial charge in [-0.25, -0.2) is 13.2 Å². The normalized spacial score (nSPS) is 11.5. The maximum absolute atomic E-state index is 13.0. The highest BCUT2D eigenvalue weighted by molar-refractivity contribution is 7.92. The summed E-state index contributed by atoms with van der Waals surface area (Å²) in [5.74, 6) is 0.129. The summed E-state index contributed by atoms with van der Waals surface area (Å²) < 4.78 is 38.7. The molecule has 0 saturated carbocycles.